The quantitative estimate of drug-likeness (QED) is 0.794. The van der Waals surface area contributed by atoms with E-state index >= 15 is 0 Å². The van der Waals surface area contributed by atoms with Crippen LogP contribution in [0.25, 0.3) is 0 Å². The van der Waals surface area contributed by atoms with Gasteiger partial charge in [0.15, 0.2) is 0 Å². The van der Waals surface area contributed by atoms with Crippen LogP contribution in [-0.4, -0.2) is 45.3 Å². The second-order valence-electron chi connectivity index (χ2n) is 6.35. The smallest absolute Gasteiger partial charge is 0.339 e. The summed E-state index contributed by atoms with van der Waals surface area (Å²) in [4.78, 5) is 26.3. The summed E-state index contributed by atoms with van der Waals surface area (Å²) >= 11 is 0. The van der Waals surface area contributed by atoms with Gasteiger partial charge in [0.2, 0.25) is 5.91 Å². The number of carbonyl (C=O) groups excluding carboxylic acids is 2. The van der Waals surface area contributed by atoms with Crippen LogP contribution in [0.1, 0.15) is 22.3 Å². The number of morpholine rings is 1. The fraction of sp³-hybridized carbons (Fsp3) is 0.333. The summed E-state index contributed by atoms with van der Waals surface area (Å²) in [5.41, 5.74) is 3.10. The van der Waals surface area contributed by atoms with Crippen molar-refractivity contribution in [3.63, 3.8) is 0 Å². The standard InChI is InChI=1S/C21H24N2O4/c1-26-21(25)18-4-2-3-5-19(18)22-20(24)11-8-16-6-9-17(10-7-16)23-12-14-27-15-13-23/h2-7,9-10H,8,11-15H2,1H3,(H,22,24). The van der Waals surface area contributed by atoms with Gasteiger partial charge < -0.3 is 19.7 Å². The summed E-state index contributed by atoms with van der Waals surface area (Å²) in [7, 11) is 1.32. The molecule has 2 aromatic rings. The molecule has 1 aliphatic heterocycles. The number of anilines is 2. The van der Waals surface area contributed by atoms with E-state index in [1.165, 1.54) is 12.8 Å². The van der Waals surface area contributed by atoms with E-state index in [4.69, 9.17) is 9.47 Å². The van der Waals surface area contributed by atoms with Crippen molar-refractivity contribution in [1.82, 2.24) is 0 Å². The predicted molar refractivity (Wildman–Crippen MR) is 104 cm³/mol. The molecule has 0 spiro atoms. The third-order valence-corrected chi connectivity index (χ3v) is 4.56. The number of hydrogen-bond acceptors (Lipinski definition) is 5. The molecular formula is C21H24N2O4. The van der Waals surface area contributed by atoms with E-state index in [9.17, 15) is 9.59 Å². The molecule has 0 radical (unpaired) electrons. The summed E-state index contributed by atoms with van der Waals surface area (Å²) in [5, 5.41) is 2.80. The molecule has 142 valence electrons. The summed E-state index contributed by atoms with van der Waals surface area (Å²) in [6.45, 7) is 3.33. The lowest BCUT2D eigenvalue weighted by atomic mass is 10.1. The van der Waals surface area contributed by atoms with Crippen LogP contribution >= 0.6 is 0 Å². The molecule has 1 fully saturated rings. The number of nitrogens with zero attached hydrogens (tertiary/aromatic N) is 1. The van der Waals surface area contributed by atoms with E-state index in [1.807, 2.05) is 0 Å². The van der Waals surface area contributed by atoms with Crippen LogP contribution in [0.3, 0.4) is 0 Å². The van der Waals surface area contributed by atoms with Gasteiger partial charge in [0, 0.05) is 25.2 Å². The Morgan fingerprint density at radius 2 is 1.78 bits per heavy atom. The molecule has 1 amide bonds. The Labute approximate surface area is 159 Å². The van der Waals surface area contributed by atoms with Gasteiger partial charge in [0.05, 0.1) is 31.6 Å². The number of amides is 1. The average Bonchev–Trinajstić information content (AvgIpc) is 2.73. The second-order valence-corrected chi connectivity index (χ2v) is 6.35. The number of aryl methyl sites for hydroxylation is 1. The van der Waals surface area contributed by atoms with Gasteiger partial charge in [0.25, 0.3) is 0 Å². The third kappa shape index (κ3) is 5.08. The number of para-hydroxylation sites is 1. The first kappa shape index (κ1) is 18.9. The Bertz CT molecular complexity index is 783. The van der Waals surface area contributed by atoms with E-state index in [2.05, 4.69) is 34.5 Å². The molecule has 0 unspecified atom stereocenters. The van der Waals surface area contributed by atoms with Gasteiger partial charge in [-0.3, -0.25) is 4.79 Å². The van der Waals surface area contributed by atoms with Crippen LogP contribution in [0.2, 0.25) is 0 Å². The van der Waals surface area contributed by atoms with Crippen molar-refractivity contribution in [1.29, 1.82) is 0 Å². The zero-order valence-corrected chi connectivity index (χ0v) is 15.4. The highest BCUT2D eigenvalue weighted by molar-refractivity contribution is 6.01. The van der Waals surface area contributed by atoms with Crippen molar-refractivity contribution in [3.8, 4) is 0 Å². The highest BCUT2D eigenvalue weighted by Crippen LogP contribution is 2.19. The molecule has 0 aliphatic carbocycles. The molecule has 1 N–H and O–H groups in total. The summed E-state index contributed by atoms with van der Waals surface area (Å²) in [6, 6.07) is 15.1. The maximum atomic E-state index is 12.3. The molecule has 0 saturated carbocycles. The molecule has 1 aliphatic rings. The van der Waals surface area contributed by atoms with Gasteiger partial charge >= 0.3 is 5.97 Å². The molecule has 6 nitrogen and oxygen atoms in total. The predicted octanol–water partition coefficient (Wildman–Crippen LogP) is 2.88. The molecule has 27 heavy (non-hydrogen) atoms. The summed E-state index contributed by atoms with van der Waals surface area (Å²) < 4.78 is 10.1. The van der Waals surface area contributed by atoms with Gasteiger partial charge in [-0.1, -0.05) is 24.3 Å². The Hall–Kier alpha value is -2.86. The number of rotatable bonds is 6. The largest absolute Gasteiger partial charge is 0.465 e. The van der Waals surface area contributed by atoms with Crippen LogP contribution in [0.4, 0.5) is 11.4 Å². The van der Waals surface area contributed by atoms with Crippen LogP contribution < -0.4 is 10.2 Å². The maximum absolute atomic E-state index is 12.3. The van der Waals surface area contributed by atoms with E-state index in [1.54, 1.807) is 24.3 Å². The lowest BCUT2D eigenvalue weighted by molar-refractivity contribution is -0.116. The number of nitrogens with one attached hydrogen (secondary N) is 1. The Morgan fingerprint density at radius 3 is 2.48 bits per heavy atom. The van der Waals surface area contributed by atoms with E-state index in [0.29, 0.717) is 24.1 Å². The molecule has 0 bridgehead atoms. The fourth-order valence-corrected chi connectivity index (χ4v) is 3.05. The maximum Gasteiger partial charge on any atom is 0.339 e. The molecule has 1 saturated heterocycles. The van der Waals surface area contributed by atoms with Crippen molar-refractivity contribution in [2.24, 2.45) is 0 Å². The number of carbonyl (C=O) groups is 2. The fourth-order valence-electron chi connectivity index (χ4n) is 3.05. The first-order valence-electron chi connectivity index (χ1n) is 9.06. The van der Waals surface area contributed by atoms with Crippen molar-refractivity contribution in [2.75, 3.05) is 43.6 Å². The highest BCUT2D eigenvalue weighted by atomic mass is 16.5. The van der Waals surface area contributed by atoms with Crippen LogP contribution in [-0.2, 0) is 20.7 Å². The Kier molecular flexibility index (Phi) is 6.44. The highest BCUT2D eigenvalue weighted by Gasteiger charge is 2.14. The first-order valence-corrected chi connectivity index (χ1v) is 9.06. The third-order valence-electron chi connectivity index (χ3n) is 4.56. The average molecular weight is 368 g/mol. The molecule has 0 aromatic heterocycles. The molecule has 1 heterocycles. The molecular weight excluding hydrogens is 344 g/mol. The normalized spacial score (nSPS) is 13.9. The van der Waals surface area contributed by atoms with Gasteiger partial charge in [-0.05, 0) is 36.2 Å². The number of esters is 1. The SMILES string of the molecule is COC(=O)c1ccccc1NC(=O)CCc1ccc(N2CCOCC2)cc1. The van der Waals surface area contributed by atoms with Crippen molar-refractivity contribution in [2.45, 2.75) is 12.8 Å². The van der Waals surface area contributed by atoms with Gasteiger partial charge in [-0.2, -0.15) is 0 Å². The summed E-state index contributed by atoms with van der Waals surface area (Å²) in [6.07, 6.45) is 0.974. The van der Waals surface area contributed by atoms with E-state index < -0.39 is 5.97 Å². The number of hydrogen-bond donors (Lipinski definition) is 1. The minimum Gasteiger partial charge on any atom is -0.465 e. The van der Waals surface area contributed by atoms with E-state index in [-0.39, 0.29) is 5.91 Å². The number of benzene rings is 2. The van der Waals surface area contributed by atoms with E-state index in [0.717, 1.165) is 31.9 Å². The minimum atomic E-state index is -0.468. The second kappa shape index (κ2) is 9.19. The Morgan fingerprint density at radius 1 is 1.07 bits per heavy atom. The van der Waals surface area contributed by atoms with Crippen molar-refractivity contribution in [3.05, 3.63) is 59.7 Å². The molecule has 2 aromatic carbocycles. The van der Waals surface area contributed by atoms with Gasteiger partial charge in [-0.25, -0.2) is 4.79 Å². The van der Waals surface area contributed by atoms with Crippen molar-refractivity contribution < 1.29 is 19.1 Å². The van der Waals surface area contributed by atoms with Crippen LogP contribution in [0.5, 0.6) is 0 Å². The molecule has 0 atom stereocenters. The molecule has 3 rings (SSSR count). The lowest BCUT2D eigenvalue weighted by Crippen LogP contribution is -2.36. The van der Waals surface area contributed by atoms with Crippen LogP contribution in [0, 0.1) is 0 Å². The van der Waals surface area contributed by atoms with Crippen LogP contribution in [0.15, 0.2) is 48.5 Å². The Balaban J connectivity index is 1.54. The minimum absolute atomic E-state index is 0.136. The zero-order valence-electron chi connectivity index (χ0n) is 15.4. The first-order chi connectivity index (χ1) is 13.2. The van der Waals surface area contributed by atoms with Crippen molar-refractivity contribution >= 4 is 23.3 Å². The zero-order chi connectivity index (χ0) is 19.1. The lowest BCUT2D eigenvalue weighted by Gasteiger charge is -2.28. The molecule has 6 heteroatoms. The summed E-state index contributed by atoms with van der Waals surface area (Å²) in [5.74, 6) is -0.604. The monoisotopic (exact) mass is 368 g/mol. The topological polar surface area (TPSA) is 67.9 Å². The van der Waals surface area contributed by atoms with Gasteiger partial charge in [0.1, 0.15) is 0 Å². The number of ether oxygens (including phenoxy) is 2. The number of methoxy groups -OCH3 is 1. The van der Waals surface area contributed by atoms with Gasteiger partial charge in [-0.15, -0.1) is 0 Å².